The van der Waals surface area contributed by atoms with Crippen LogP contribution in [0.5, 0.6) is 0 Å². The summed E-state index contributed by atoms with van der Waals surface area (Å²) in [4.78, 5) is 10.2. The van der Waals surface area contributed by atoms with Crippen LogP contribution in [0.3, 0.4) is 0 Å². The molecule has 1 unspecified atom stereocenters. The Bertz CT molecular complexity index is 341. The molecular weight excluding hydrogens is 202 g/mol. The Morgan fingerprint density at radius 1 is 1.40 bits per heavy atom. The molecule has 82 valence electrons. The molecule has 0 heterocycles. The highest BCUT2D eigenvalue weighted by atomic mass is 19.1. The van der Waals surface area contributed by atoms with Gasteiger partial charge < -0.3 is 9.90 Å². The summed E-state index contributed by atoms with van der Waals surface area (Å²) in [6, 6.07) is 2.13. The average molecular weight is 214 g/mol. The molecule has 15 heavy (non-hydrogen) atoms. The number of halogens is 2. The van der Waals surface area contributed by atoms with Crippen LogP contribution in [0.1, 0.15) is 30.6 Å². The summed E-state index contributed by atoms with van der Waals surface area (Å²) in [7, 11) is 0. The van der Waals surface area contributed by atoms with Gasteiger partial charge in [0.05, 0.1) is 6.10 Å². The van der Waals surface area contributed by atoms with Crippen molar-refractivity contribution in [2.45, 2.75) is 25.9 Å². The van der Waals surface area contributed by atoms with E-state index >= 15 is 0 Å². The van der Waals surface area contributed by atoms with E-state index in [9.17, 15) is 18.7 Å². The number of carbonyl (C=O) groups is 1. The molecule has 0 fully saturated rings. The Labute approximate surface area is 86.5 Å². The maximum Gasteiger partial charge on any atom is 0.130 e. The Balaban J connectivity index is 3.12. The quantitative estimate of drug-likeness (QED) is 0.780. The summed E-state index contributed by atoms with van der Waals surface area (Å²) in [5.74, 6) is -1.57. The largest absolute Gasteiger partial charge is 0.388 e. The number of rotatable bonds is 4. The van der Waals surface area contributed by atoms with Crippen LogP contribution in [0.25, 0.3) is 0 Å². The summed E-state index contributed by atoms with van der Waals surface area (Å²) in [6.45, 7) is 1.71. The van der Waals surface area contributed by atoms with E-state index in [-0.39, 0.29) is 17.5 Å². The van der Waals surface area contributed by atoms with Gasteiger partial charge in [0.15, 0.2) is 0 Å². The molecule has 0 saturated heterocycles. The zero-order valence-corrected chi connectivity index (χ0v) is 8.34. The fourth-order valence-corrected chi connectivity index (χ4v) is 1.33. The van der Waals surface area contributed by atoms with E-state index in [0.29, 0.717) is 12.7 Å². The first-order chi connectivity index (χ1) is 7.10. The molecular formula is C11H12F2O2. The molecule has 0 bridgehead atoms. The standard InChI is InChI=1S/C11H12F2O2/c1-2-11(15)7-5-9(12)8(3-4-14)10(13)6-7/h4-6,11,15H,2-3H2,1H3. The van der Waals surface area contributed by atoms with Gasteiger partial charge in [-0.1, -0.05) is 6.92 Å². The number of carbonyl (C=O) groups excluding carboxylic acids is 1. The second-order valence-electron chi connectivity index (χ2n) is 3.26. The van der Waals surface area contributed by atoms with E-state index in [0.717, 1.165) is 12.1 Å². The molecule has 1 aromatic carbocycles. The molecule has 4 heteroatoms. The van der Waals surface area contributed by atoms with Crippen LogP contribution in [0.4, 0.5) is 8.78 Å². The van der Waals surface area contributed by atoms with Gasteiger partial charge >= 0.3 is 0 Å². The van der Waals surface area contributed by atoms with Gasteiger partial charge in [-0.2, -0.15) is 0 Å². The first kappa shape index (κ1) is 11.8. The van der Waals surface area contributed by atoms with Gasteiger partial charge in [0.25, 0.3) is 0 Å². The normalized spacial score (nSPS) is 12.5. The second kappa shape index (κ2) is 4.98. The van der Waals surface area contributed by atoms with E-state index in [2.05, 4.69) is 0 Å². The smallest absolute Gasteiger partial charge is 0.130 e. The van der Waals surface area contributed by atoms with Gasteiger partial charge in [0.2, 0.25) is 0 Å². The average Bonchev–Trinajstić information content (AvgIpc) is 2.22. The summed E-state index contributed by atoms with van der Waals surface area (Å²) >= 11 is 0. The van der Waals surface area contributed by atoms with Gasteiger partial charge in [-0.25, -0.2) is 8.78 Å². The lowest BCUT2D eigenvalue weighted by molar-refractivity contribution is -0.107. The van der Waals surface area contributed by atoms with E-state index in [1.54, 1.807) is 6.92 Å². The van der Waals surface area contributed by atoms with E-state index < -0.39 is 17.7 Å². The summed E-state index contributed by atoms with van der Waals surface area (Å²) in [5.41, 5.74) is -0.0563. The number of aliphatic hydroxyl groups is 1. The van der Waals surface area contributed by atoms with Crippen molar-refractivity contribution in [3.05, 3.63) is 34.9 Å². The van der Waals surface area contributed by atoms with Crippen molar-refractivity contribution in [2.75, 3.05) is 0 Å². The van der Waals surface area contributed by atoms with Crippen molar-refractivity contribution < 1.29 is 18.7 Å². The fraction of sp³-hybridized carbons (Fsp3) is 0.364. The second-order valence-corrected chi connectivity index (χ2v) is 3.26. The minimum Gasteiger partial charge on any atom is -0.388 e. The maximum absolute atomic E-state index is 13.3. The first-order valence-electron chi connectivity index (χ1n) is 4.69. The van der Waals surface area contributed by atoms with Crippen molar-refractivity contribution in [3.63, 3.8) is 0 Å². The number of hydrogen-bond acceptors (Lipinski definition) is 2. The maximum atomic E-state index is 13.3. The van der Waals surface area contributed by atoms with Gasteiger partial charge in [-0.15, -0.1) is 0 Å². The molecule has 2 nitrogen and oxygen atoms in total. The van der Waals surface area contributed by atoms with Gasteiger partial charge in [0, 0.05) is 12.0 Å². The lowest BCUT2D eigenvalue weighted by atomic mass is 10.0. The number of hydrogen-bond donors (Lipinski definition) is 1. The van der Waals surface area contributed by atoms with Crippen LogP contribution >= 0.6 is 0 Å². The van der Waals surface area contributed by atoms with Crippen molar-refractivity contribution >= 4 is 6.29 Å². The molecule has 1 aromatic rings. The van der Waals surface area contributed by atoms with Gasteiger partial charge in [0.1, 0.15) is 17.9 Å². The van der Waals surface area contributed by atoms with Crippen molar-refractivity contribution in [1.82, 2.24) is 0 Å². The molecule has 1 atom stereocenters. The van der Waals surface area contributed by atoms with Gasteiger partial charge in [-0.05, 0) is 24.1 Å². The highest BCUT2D eigenvalue weighted by Crippen LogP contribution is 2.22. The SMILES string of the molecule is CCC(O)c1cc(F)c(CC=O)c(F)c1. The Hall–Kier alpha value is -1.29. The Morgan fingerprint density at radius 2 is 1.93 bits per heavy atom. The molecule has 0 radical (unpaired) electrons. The van der Waals surface area contributed by atoms with Crippen LogP contribution < -0.4 is 0 Å². The van der Waals surface area contributed by atoms with Crippen LogP contribution in [0, 0.1) is 11.6 Å². The lowest BCUT2D eigenvalue weighted by Gasteiger charge is -2.10. The predicted octanol–water partition coefficient (Wildman–Crippen LogP) is 2.15. The molecule has 0 spiro atoms. The Kier molecular flexibility index (Phi) is 3.91. The monoisotopic (exact) mass is 214 g/mol. The molecule has 0 amide bonds. The fourth-order valence-electron chi connectivity index (χ4n) is 1.33. The number of benzene rings is 1. The Morgan fingerprint density at radius 3 is 2.33 bits per heavy atom. The van der Waals surface area contributed by atoms with Crippen LogP contribution in [-0.2, 0) is 11.2 Å². The van der Waals surface area contributed by atoms with Crippen molar-refractivity contribution in [1.29, 1.82) is 0 Å². The molecule has 0 aliphatic rings. The van der Waals surface area contributed by atoms with E-state index in [4.69, 9.17) is 0 Å². The van der Waals surface area contributed by atoms with Crippen LogP contribution in [0.2, 0.25) is 0 Å². The van der Waals surface area contributed by atoms with Crippen molar-refractivity contribution in [2.24, 2.45) is 0 Å². The number of aldehydes is 1. The highest BCUT2D eigenvalue weighted by Gasteiger charge is 2.14. The summed E-state index contributed by atoms with van der Waals surface area (Å²) in [6.07, 6.45) is -0.344. The topological polar surface area (TPSA) is 37.3 Å². The predicted molar refractivity (Wildman–Crippen MR) is 51.4 cm³/mol. The minimum absolute atomic E-state index is 0.196. The number of aliphatic hydroxyl groups excluding tert-OH is 1. The molecule has 1 N–H and O–H groups in total. The first-order valence-corrected chi connectivity index (χ1v) is 4.69. The third kappa shape index (κ3) is 2.59. The van der Waals surface area contributed by atoms with Gasteiger partial charge in [-0.3, -0.25) is 0 Å². The molecule has 0 aliphatic carbocycles. The highest BCUT2D eigenvalue weighted by molar-refractivity contribution is 5.55. The minimum atomic E-state index is -0.876. The summed E-state index contributed by atoms with van der Waals surface area (Å²) in [5, 5.41) is 9.40. The van der Waals surface area contributed by atoms with Crippen LogP contribution in [-0.4, -0.2) is 11.4 Å². The molecule has 0 aromatic heterocycles. The molecule has 0 saturated carbocycles. The van der Waals surface area contributed by atoms with E-state index in [1.807, 2.05) is 0 Å². The lowest BCUT2D eigenvalue weighted by Crippen LogP contribution is -2.02. The third-order valence-corrected chi connectivity index (χ3v) is 2.22. The zero-order chi connectivity index (χ0) is 11.4. The van der Waals surface area contributed by atoms with Crippen molar-refractivity contribution in [3.8, 4) is 0 Å². The van der Waals surface area contributed by atoms with Crippen LogP contribution in [0.15, 0.2) is 12.1 Å². The zero-order valence-electron chi connectivity index (χ0n) is 8.34. The molecule has 1 rings (SSSR count). The molecule has 0 aliphatic heterocycles. The third-order valence-electron chi connectivity index (χ3n) is 2.22. The van der Waals surface area contributed by atoms with E-state index in [1.165, 1.54) is 0 Å². The summed E-state index contributed by atoms with van der Waals surface area (Å²) < 4.78 is 26.6.